The molecule has 1 aliphatic carbocycles. The van der Waals surface area contributed by atoms with Crippen molar-refractivity contribution in [2.75, 3.05) is 0 Å². The van der Waals surface area contributed by atoms with E-state index in [1.165, 1.54) is 6.08 Å². The fourth-order valence-electron chi connectivity index (χ4n) is 1.92. The monoisotopic (exact) mass is 280 g/mol. The van der Waals surface area contributed by atoms with E-state index >= 15 is 0 Å². The van der Waals surface area contributed by atoms with Crippen molar-refractivity contribution in [3.05, 3.63) is 34.7 Å². The zero-order valence-corrected chi connectivity index (χ0v) is 12.4. The first-order valence-electron chi connectivity index (χ1n) is 6.73. The Morgan fingerprint density at radius 2 is 2.05 bits per heavy atom. The summed E-state index contributed by atoms with van der Waals surface area (Å²) < 4.78 is 13.9. The fraction of sp³-hybridized carbons (Fsp3) is 0.500. The number of aliphatic hydroxyl groups excluding tert-OH is 1. The van der Waals surface area contributed by atoms with Gasteiger partial charge in [-0.1, -0.05) is 25.5 Å². The van der Waals surface area contributed by atoms with Crippen LogP contribution >= 0.6 is 0 Å². The van der Waals surface area contributed by atoms with Crippen LogP contribution in [0.1, 0.15) is 40.5 Å². The van der Waals surface area contributed by atoms with Crippen LogP contribution in [0.15, 0.2) is 34.7 Å². The average molecular weight is 280 g/mol. The summed E-state index contributed by atoms with van der Waals surface area (Å²) in [5.74, 6) is -1.93. The second-order valence-corrected chi connectivity index (χ2v) is 5.70. The molecule has 0 amide bonds. The number of ketones is 2. The molecule has 20 heavy (non-hydrogen) atoms. The van der Waals surface area contributed by atoms with E-state index in [0.29, 0.717) is 0 Å². The third-order valence-electron chi connectivity index (χ3n) is 3.00. The van der Waals surface area contributed by atoms with Crippen molar-refractivity contribution < 1.29 is 19.1 Å². The molecule has 0 spiro atoms. The first-order chi connectivity index (χ1) is 9.23. The molecule has 3 nitrogen and oxygen atoms in total. The van der Waals surface area contributed by atoms with Gasteiger partial charge in [-0.2, -0.15) is 0 Å². The molecule has 1 rings (SSSR count). The lowest BCUT2D eigenvalue weighted by Gasteiger charge is -2.18. The van der Waals surface area contributed by atoms with Crippen LogP contribution in [0, 0.1) is 5.92 Å². The first kappa shape index (κ1) is 16.5. The number of Topliss-reactive ketones (excluding diaryl/α,β-unsaturated/α-hetero) is 2. The Bertz CT molecular complexity index is 506. The highest BCUT2D eigenvalue weighted by Crippen LogP contribution is 2.27. The largest absolute Gasteiger partial charge is 0.378 e. The van der Waals surface area contributed by atoms with Crippen molar-refractivity contribution >= 4 is 11.6 Å². The van der Waals surface area contributed by atoms with Crippen molar-refractivity contribution in [2.45, 2.75) is 46.6 Å². The summed E-state index contributed by atoms with van der Waals surface area (Å²) in [5.41, 5.74) is 1.11. The lowest BCUT2D eigenvalue weighted by molar-refractivity contribution is -0.126. The number of allylic oxidation sites excluding steroid dienone is 4. The molecule has 1 atom stereocenters. The third kappa shape index (κ3) is 3.97. The molecule has 1 unspecified atom stereocenters. The molecule has 0 aromatic heterocycles. The second-order valence-electron chi connectivity index (χ2n) is 5.70. The minimum Gasteiger partial charge on any atom is -0.378 e. The van der Waals surface area contributed by atoms with Gasteiger partial charge in [-0.05, 0) is 37.8 Å². The van der Waals surface area contributed by atoms with E-state index in [2.05, 4.69) is 0 Å². The topological polar surface area (TPSA) is 54.4 Å². The van der Waals surface area contributed by atoms with Gasteiger partial charge in [0.25, 0.3) is 0 Å². The van der Waals surface area contributed by atoms with Gasteiger partial charge in [-0.25, -0.2) is 4.39 Å². The van der Waals surface area contributed by atoms with Crippen LogP contribution in [-0.4, -0.2) is 22.8 Å². The Kier molecular flexibility index (Phi) is 5.57. The SMILES string of the molecule is CC(C)=CCC1=C(F)C(O)C(=O)C(C(=O)CC(C)C)=C1. The van der Waals surface area contributed by atoms with E-state index in [4.69, 9.17) is 0 Å². The van der Waals surface area contributed by atoms with E-state index in [0.717, 1.165) is 5.57 Å². The molecule has 1 N–H and O–H groups in total. The summed E-state index contributed by atoms with van der Waals surface area (Å²) in [7, 11) is 0. The number of aliphatic hydroxyl groups is 1. The summed E-state index contributed by atoms with van der Waals surface area (Å²) in [6.07, 6.45) is 1.71. The maximum absolute atomic E-state index is 13.9. The van der Waals surface area contributed by atoms with Gasteiger partial charge in [-0.15, -0.1) is 0 Å². The maximum atomic E-state index is 13.9. The van der Waals surface area contributed by atoms with Gasteiger partial charge < -0.3 is 5.11 Å². The average Bonchev–Trinajstić information content (AvgIpc) is 2.34. The minimum atomic E-state index is -1.84. The van der Waals surface area contributed by atoms with Crippen molar-refractivity contribution in [3.8, 4) is 0 Å². The predicted octanol–water partition coefficient (Wildman–Crippen LogP) is 3.05. The lowest BCUT2D eigenvalue weighted by atomic mass is 9.88. The van der Waals surface area contributed by atoms with E-state index in [1.807, 2.05) is 27.7 Å². The van der Waals surface area contributed by atoms with Gasteiger partial charge in [0.05, 0.1) is 5.57 Å². The highest BCUT2D eigenvalue weighted by atomic mass is 19.1. The Morgan fingerprint density at radius 1 is 1.45 bits per heavy atom. The molecule has 0 aromatic carbocycles. The summed E-state index contributed by atoms with van der Waals surface area (Å²) in [5, 5.41) is 9.64. The quantitative estimate of drug-likeness (QED) is 0.622. The summed E-state index contributed by atoms with van der Waals surface area (Å²) in [6.45, 7) is 7.47. The lowest BCUT2D eigenvalue weighted by Crippen LogP contribution is -2.30. The van der Waals surface area contributed by atoms with Crippen LogP contribution in [-0.2, 0) is 9.59 Å². The number of hydrogen-bond donors (Lipinski definition) is 1. The molecule has 4 heteroatoms. The normalized spacial score (nSPS) is 19.2. The molecule has 0 bridgehead atoms. The second kappa shape index (κ2) is 6.75. The summed E-state index contributed by atoms with van der Waals surface area (Å²) >= 11 is 0. The summed E-state index contributed by atoms with van der Waals surface area (Å²) in [4.78, 5) is 23.8. The van der Waals surface area contributed by atoms with Crippen LogP contribution in [0.3, 0.4) is 0 Å². The van der Waals surface area contributed by atoms with Gasteiger partial charge in [0.15, 0.2) is 11.9 Å². The Morgan fingerprint density at radius 3 is 2.55 bits per heavy atom. The Hall–Kier alpha value is -1.55. The number of carbonyl (C=O) groups excluding carboxylic acids is 2. The van der Waals surface area contributed by atoms with Gasteiger partial charge in [0.2, 0.25) is 5.78 Å². The number of rotatable bonds is 5. The van der Waals surface area contributed by atoms with Gasteiger partial charge >= 0.3 is 0 Å². The number of halogens is 1. The maximum Gasteiger partial charge on any atom is 0.201 e. The highest BCUT2D eigenvalue weighted by Gasteiger charge is 2.33. The zero-order chi connectivity index (χ0) is 15.4. The third-order valence-corrected chi connectivity index (χ3v) is 3.00. The van der Waals surface area contributed by atoms with Crippen molar-refractivity contribution in [1.82, 2.24) is 0 Å². The molecule has 0 saturated heterocycles. The molecule has 0 aliphatic heterocycles. The predicted molar refractivity (Wildman–Crippen MR) is 75.7 cm³/mol. The van der Waals surface area contributed by atoms with Crippen LogP contribution in [0.5, 0.6) is 0 Å². The minimum absolute atomic E-state index is 0.0928. The Labute approximate surface area is 118 Å². The van der Waals surface area contributed by atoms with E-state index in [-0.39, 0.29) is 35.7 Å². The van der Waals surface area contributed by atoms with Gasteiger partial charge in [0, 0.05) is 6.42 Å². The van der Waals surface area contributed by atoms with Crippen molar-refractivity contribution in [1.29, 1.82) is 0 Å². The molecule has 1 aliphatic rings. The molecule has 0 heterocycles. The fourth-order valence-corrected chi connectivity index (χ4v) is 1.92. The first-order valence-corrected chi connectivity index (χ1v) is 6.73. The van der Waals surface area contributed by atoms with Crippen molar-refractivity contribution in [3.63, 3.8) is 0 Å². The molecule has 0 fully saturated rings. The van der Waals surface area contributed by atoms with E-state index in [9.17, 15) is 19.1 Å². The molecule has 0 aromatic rings. The molecule has 110 valence electrons. The standard InChI is InChI=1S/C16H21FO3/c1-9(2)5-6-11-8-12(13(18)7-10(3)4)15(19)16(20)14(11)17/h5,8,10,16,20H,6-7H2,1-4H3. The van der Waals surface area contributed by atoms with Gasteiger partial charge in [0.1, 0.15) is 5.83 Å². The molecule has 0 radical (unpaired) electrons. The highest BCUT2D eigenvalue weighted by molar-refractivity contribution is 6.23. The summed E-state index contributed by atoms with van der Waals surface area (Å²) in [6, 6.07) is 0. The van der Waals surface area contributed by atoms with E-state index < -0.39 is 17.7 Å². The molecular formula is C16H21FO3. The van der Waals surface area contributed by atoms with Crippen LogP contribution in [0.4, 0.5) is 4.39 Å². The number of hydrogen-bond acceptors (Lipinski definition) is 3. The van der Waals surface area contributed by atoms with Gasteiger partial charge in [-0.3, -0.25) is 9.59 Å². The van der Waals surface area contributed by atoms with E-state index in [1.54, 1.807) is 6.08 Å². The Balaban J connectivity index is 3.10. The zero-order valence-electron chi connectivity index (χ0n) is 12.4. The van der Waals surface area contributed by atoms with Crippen molar-refractivity contribution in [2.24, 2.45) is 5.92 Å². The van der Waals surface area contributed by atoms with Crippen LogP contribution in [0.2, 0.25) is 0 Å². The molecular weight excluding hydrogens is 259 g/mol. The molecule has 0 saturated carbocycles. The smallest absolute Gasteiger partial charge is 0.201 e. The number of carbonyl (C=O) groups is 2. The van der Waals surface area contributed by atoms with Crippen LogP contribution < -0.4 is 0 Å². The van der Waals surface area contributed by atoms with Crippen LogP contribution in [0.25, 0.3) is 0 Å².